The molecule has 0 bridgehead atoms. The van der Waals surface area contributed by atoms with Gasteiger partial charge in [0.15, 0.2) is 0 Å². The van der Waals surface area contributed by atoms with Gasteiger partial charge in [0.1, 0.15) is 10.8 Å². The van der Waals surface area contributed by atoms with Gasteiger partial charge >= 0.3 is 0 Å². The molecule has 0 fully saturated rings. The third-order valence-electron chi connectivity index (χ3n) is 3.09. The molecule has 1 aromatic heterocycles. The van der Waals surface area contributed by atoms with Crippen LogP contribution in [0.2, 0.25) is 5.15 Å². The molecule has 0 aliphatic rings. The van der Waals surface area contributed by atoms with Gasteiger partial charge in [0.05, 0.1) is 12.4 Å². The third-order valence-corrected chi connectivity index (χ3v) is 3.29. The first kappa shape index (κ1) is 14.5. The number of nitrogens with zero attached hydrogens (tertiary/aromatic N) is 3. The van der Waals surface area contributed by atoms with E-state index < -0.39 is 0 Å². The number of carbonyl (C=O) groups is 1. The number of rotatable bonds is 3. The van der Waals surface area contributed by atoms with Gasteiger partial charge in [-0.05, 0) is 25.0 Å². The van der Waals surface area contributed by atoms with Gasteiger partial charge in [0, 0.05) is 13.6 Å². The first-order valence-corrected chi connectivity index (χ1v) is 6.64. The van der Waals surface area contributed by atoms with Gasteiger partial charge in [-0.25, -0.2) is 9.97 Å². The van der Waals surface area contributed by atoms with Crippen LogP contribution in [-0.4, -0.2) is 27.8 Å². The number of hydrogen-bond donors (Lipinski definition) is 0. The van der Waals surface area contributed by atoms with Crippen molar-refractivity contribution in [1.29, 1.82) is 0 Å². The van der Waals surface area contributed by atoms with Crippen LogP contribution in [0.15, 0.2) is 30.6 Å². The number of halogens is 1. The van der Waals surface area contributed by atoms with Crippen LogP contribution in [0.5, 0.6) is 0 Å². The Morgan fingerprint density at radius 1 is 1.25 bits per heavy atom. The van der Waals surface area contributed by atoms with E-state index in [0.29, 0.717) is 12.2 Å². The summed E-state index contributed by atoms with van der Waals surface area (Å²) >= 11 is 5.66. The molecule has 0 spiro atoms. The van der Waals surface area contributed by atoms with Gasteiger partial charge in [0.2, 0.25) is 0 Å². The molecule has 0 atom stereocenters. The molecule has 1 heterocycles. The van der Waals surface area contributed by atoms with Crippen LogP contribution < -0.4 is 0 Å². The van der Waals surface area contributed by atoms with Crippen molar-refractivity contribution in [1.82, 2.24) is 14.9 Å². The Kier molecular flexibility index (Phi) is 4.35. The minimum Gasteiger partial charge on any atom is -0.336 e. The van der Waals surface area contributed by atoms with E-state index in [1.165, 1.54) is 23.5 Å². The van der Waals surface area contributed by atoms with Gasteiger partial charge in [0.25, 0.3) is 5.91 Å². The zero-order chi connectivity index (χ0) is 14.7. The van der Waals surface area contributed by atoms with Crippen molar-refractivity contribution in [2.45, 2.75) is 20.4 Å². The van der Waals surface area contributed by atoms with Crippen molar-refractivity contribution in [3.05, 3.63) is 58.1 Å². The van der Waals surface area contributed by atoms with Crippen molar-refractivity contribution in [3.8, 4) is 0 Å². The fraction of sp³-hybridized carbons (Fsp3) is 0.267. The first-order valence-electron chi connectivity index (χ1n) is 6.26. The van der Waals surface area contributed by atoms with E-state index in [1.54, 1.807) is 11.9 Å². The summed E-state index contributed by atoms with van der Waals surface area (Å²) in [5.74, 6) is -0.172. The first-order chi connectivity index (χ1) is 9.47. The SMILES string of the molecule is Cc1ccc(CN(C)C(=O)c2cnc(Cl)cn2)c(C)c1. The predicted molar refractivity (Wildman–Crippen MR) is 78.8 cm³/mol. The lowest BCUT2D eigenvalue weighted by molar-refractivity contribution is 0.0778. The summed E-state index contributed by atoms with van der Waals surface area (Å²) in [6.07, 6.45) is 2.77. The molecular formula is C15H16ClN3O. The Morgan fingerprint density at radius 3 is 2.60 bits per heavy atom. The molecule has 0 N–H and O–H groups in total. The second-order valence-corrected chi connectivity index (χ2v) is 5.20. The fourth-order valence-corrected chi connectivity index (χ4v) is 2.07. The molecule has 0 aliphatic carbocycles. The van der Waals surface area contributed by atoms with Gasteiger partial charge in [-0.15, -0.1) is 0 Å². The van der Waals surface area contributed by atoms with E-state index in [-0.39, 0.29) is 11.1 Å². The Balaban J connectivity index is 2.13. The van der Waals surface area contributed by atoms with Crippen molar-refractivity contribution in [2.24, 2.45) is 0 Å². The fourth-order valence-electron chi connectivity index (χ4n) is 1.97. The van der Waals surface area contributed by atoms with Crippen LogP contribution in [0, 0.1) is 13.8 Å². The Bertz CT molecular complexity index is 626. The monoisotopic (exact) mass is 289 g/mol. The van der Waals surface area contributed by atoms with Crippen LogP contribution in [0.4, 0.5) is 0 Å². The third kappa shape index (κ3) is 3.33. The average molecular weight is 290 g/mol. The maximum atomic E-state index is 12.2. The molecular weight excluding hydrogens is 274 g/mol. The van der Waals surface area contributed by atoms with E-state index >= 15 is 0 Å². The largest absolute Gasteiger partial charge is 0.336 e. The zero-order valence-corrected chi connectivity index (χ0v) is 12.5. The van der Waals surface area contributed by atoms with E-state index in [0.717, 1.165) is 5.56 Å². The Morgan fingerprint density at radius 2 is 2.00 bits per heavy atom. The normalized spacial score (nSPS) is 10.4. The smallest absolute Gasteiger partial charge is 0.274 e. The Hall–Kier alpha value is -1.94. The van der Waals surface area contributed by atoms with Crippen LogP contribution >= 0.6 is 11.6 Å². The van der Waals surface area contributed by atoms with E-state index in [1.807, 2.05) is 19.1 Å². The minimum absolute atomic E-state index is 0.172. The van der Waals surface area contributed by atoms with Gasteiger partial charge in [-0.2, -0.15) is 0 Å². The van der Waals surface area contributed by atoms with Crippen molar-refractivity contribution in [3.63, 3.8) is 0 Å². The molecule has 0 unspecified atom stereocenters. The molecule has 20 heavy (non-hydrogen) atoms. The number of carbonyl (C=O) groups excluding carboxylic acids is 1. The molecule has 0 aliphatic heterocycles. The number of aromatic nitrogens is 2. The molecule has 0 saturated heterocycles. The van der Waals surface area contributed by atoms with Crippen molar-refractivity contribution >= 4 is 17.5 Å². The minimum atomic E-state index is -0.172. The molecule has 1 amide bonds. The molecule has 1 aromatic carbocycles. The lowest BCUT2D eigenvalue weighted by atomic mass is 10.1. The van der Waals surface area contributed by atoms with Gasteiger partial charge < -0.3 is 4.90 Å². The van der Waals surface area contributed by atoms with E-state index in [2.05, 4.69) is 23.0 Å². The summed E-state index contributed by atoms with van der Waals surface area (Å²) < 4.78 is 0. The molecule has 0 radical (unpaired) electrons. The van der Waals surface area contributed by atoms with Crippen LogP contribution in [0.25, 0.3) is 0 Å². The molecule has 2 aromatic rings. The topological polar surface area (TPSA) is 46.1 Å². The van der Waals surface area contributed by atoms with E-state index in [9.17, 15) is 4.79 Å². The van der Waals surface area contributed by atoms with E-state index in [4.69, 9.17) is 11.6 Å². The summed E-state index contributed by atoms with van der Waals surface area (Å²) in [6, 6.07) is 6.19. The number of amides is 1. The molecule has 2 rings (SSSR count). The highest BCUT2D eigenvalue weighted by Crippen LogP contribution is 2.13. The molecule has 104 valence electrons. The quantitative estimate of drug-likeness (QED) is 0.872. The Labute approximate surface area is 123 Å². The highest BCUT2D eigenvalue weighted by Gasteiger charge is 2.14. The highest BCUT2D eigenvalue weighted by molar-refractivity contribution is 6.29. The second kappa shape index (κ2) is 6.01. The summed E-state index contributed by atoms with van der Waals surface area (Å²) in [5.41, 5.74) is 3.80. The zero-order valence-electron chi connectivity index (χ0n) is 11.7. The standard InChI is InChI=1S/C15H16ClN3O/c1-10-4-5-12(11(2)6-10)9-19(3)15(20)13-7-18-14(16)8-17-13/h4-8H,9H2,1-3H3. The van der Waals surface area contributed by atoms with Crippen molar-refractivity contribution in [2.75, 3.05) is 7.05 Å². The van der Waals surface area contributed by atoms with Gasteiger partial charge in [-0.1, -0.05) is 35.4 Å². The predicted octanol–water partition coefficient (Wildman–Crippen LogP) is 3.02. The molecule has 4 nitrogen and oxygen atoms in total. The number of benzene rings is 1. The lowest BCUT2D eigenvalue weighted by Gasteiger charge is -2.18. The molecule has 5 heteroatoms. The summed E-state index contributed by atoms with van der Waals surface area (Å²) in [6.45, 7) is 4.63. The molecule has 0 saturated carbocycles. The number of aryl methyl sites for hydroxylation is 2. The average Bonchev–Trinajstić information content (AvgIpc) is 2.42. The lowest BCUT2D eigenvalue weighted by Crippen LogP contribution is -2.27. The summed E-state index contributed by atoms with van der Waals surface area (Å²) in [7, 11) is 1.75. The highest BCUT2D eigenvalue weighted by atomic mass is 35.5. The van der Waals surface area contributed by atoms with Crippen molar-refractivity contribution < 1.29 is 4.79 Å². The maximum absolute atomic E-state index is 12.2. The van der Waals surface area contributed by atoms with Crippen LogP contribution in [0.3, 0.4) is 0 Å². The summed E-state index contributed by atoms with van der Waals surface area (Å²) in [4.78, 5) is 21.7. The summed E-state index contributed by atoms with van der Waals surface area (Å²) in [5, 5.41) is 0.276. The van der Waals surface area contributed by atoms with Crippen LogP contribution in [0.1, 0.15) is 27.2 Å². The van der Waals surface area contributed by atoms with Gasteiger partial charge in [-0.3, -0.25) is 4.79 Å². The maximum Gasteiger partial charge on any atom is 0.274 e. The second-order valence-electron chi connectivity index (χ2n) is 4.82. The van der Waals surface area contributed by atoms with Crippen LogP contribution in [-0.2, 0) is 6.54 Å². The number of hydrogen-bond acceptors (Lipinski definition) is 3.